The topological polar surface area (TPSA) is 83.1 Å². The monoisotopic (exact) mass is 326 g/mol. The van der Waals surface area contributed by atoms with E-state index in [1.54, 1.807) is 36.7 Å². The van der Waals surface area contributed by atoms with Gasteiger partial charge in [-0.1, -0.05) is 12.1 Å². The molecule has 0 aliphatic carbocycles. The summed E-state index contributed by atoms with van der Waals surface area (Å²) >= 11 is 0. The van der Waals surface area contributed by atoms with E-state index in [1.807, 2.05) is 19.2 Å². The van der Waals surface area contributed by atoms with Crippen molar-refractivity contribution in [2.45, 2.75) is 19.4 Å². The Morgan fingerprint density at radius 2 is 1.75 bits per heavy atom. The van der Waals surface area contributed by atoms with Gasteiger partial charge in [-0.05, 0) is 49.8 Å². The largest absolute Gasteiger partial charge is 0.352 e. The van der Waals surface area contributed by atoms with Gasteiger partial charge >= 0.3 is 0 Å². The van der Waals surface area contributed by atoms with Gasteiger partial charge in [-0.15, -0.1) is 0 Å². The van der Waals surface area contributed by atoms with Crippen molar-refractivity contribution in [3.05, 3.63) is 59.9 Å². The molecule has 2 amide bonds. The van der Waals surface area contributed by atoms with E-state index >= 15 is 0 Å². The van der Waals surface area contributed by atoms with Crippen LogP contribution in [0.3, 0.4) is 0 Å². The molecule has 0 spiro atoms. The van der Waals surface area contributed by atoms with Crippen molar-refractivity contribution in [2.75, 3.05) is 18.9 Å². The van der Waals surface area contributed by atoms with Gasteiger partial charge in [-0.25, -0.2) is 0 Å². The molecule has 0 saturated carbocycles. The Bertz CT molecular complexity index is 656. The molecular weight excluding hydrogens is 304 g/mol. The third-order valence-corrected chi connectivity index (χ3v) is 3.47. The molecule has 0 bridgehead atoms. The van der Waals surface area contributed by atoms with Gasteiger partial charge < -0.3 is 16.0 Å². The van der Waals surface area contributed by atoms with E-state index < -0.39 is 0 Å². The standard InChI is InChI=1S/C18H22N4O2/c1-19-10-2-3-17(23)21-13-14-4-6-15(7-5-14)18(24)22-16-8-11-20-12-9-16/h4-9,11-12,19H,2-3,10,13H2,1H3,(H,21,23)(H,20,22,24). The highest BCUT2D eigenvalue weighted by molar-refractivity contribution is 6.04. The first-order chi connectivity index (χ1) is 11.7. The summed E-state index contributed by atoms with van der Waals surface area (Å²) in [5, 5.41) is 8.68. The lowest BCUT2D eigenvalue weighted by Gasteiger charge is -2.07. The van der Waals surface area contributed by atoms with E-state index in [2.05, 4.69) is 20.9 Å². The molecule has 1 heterocycles. The molecule has 1 aromatic carbocycles. The van der Waals surface area contributed by atoms with Gasteiger partial charge in [-0.3, -0.25) is 14.6 Å². The number of benzene rings is 1. The maximum absolute atomic E-state index is 12.1. The Morgan fingerprint density at radius 3 is 2.42 bits per heavy atom. The highest BCUT2D eigenvalue weighted by Crippen LogP contribution is 2.09. The molecule has 2 aromatic rings. The van der Waals surface area contributed by atoms with Crippen molar-refractivity contribution in [1.82, 2.24) is 15.6 Å². The summed E-state index contributed by atoms with van der Waals surface area (Å²) < 4.78 is 0. The summed E-state index contributed by atoms with van der Waals surface area (Å²) in [6.45, 7) is 1.29. The molecule has 0 unspecified atom stereocenters. The Hall–Kier alpha value is -2.73. The summed E-state index contributed by atoms with van der Waals surface area (Å²) in [5.74, 6) is -0.145. The SMILES string of the molecule is CNCCCC(=O)NCc1ccc(C(=O)Nc2ccncc2)cc1. The van der Waals surface area contributed by atoms with E-state index in [0.29, 0.717) is 24.2 Å². The molecule has 126 valence electrons. The van der Waals surface area contributed by atoms with Gasteiger partial charge in [-0.2, -0.15) is 0 Å². The molecule has 0 aliphatic heterocycles. The zero-order valence-electron chi connectivity index (χ0n) is 13.7. The van der Waals surface area contributed by atoms with Crippen LogP contribution in [0, 0.1) is 0 Å². The van der Waals surface area contributed by atoms with Crippen molar-refractivity contribution in [3.63, 3.8) is 0 Å². The first-order valence-corrected chi connectivity index (χ1v) is 7.90. The van der Waals surface area contributed by atoms with Gasteiger partial charge in [0.1, 0.15) is 0 Å². The lowest BCUT2D eigenvalue weighted by molar-refractivity contribution is -0.121. The van der Waals surface area contributed by atoms with Gasteiger partial charge in [0.2, 0.25) is 5.91 Å². The Balaban J connectivity index is 1.82. The van der Waals surface area contributed by atoms with Crippen molar-refractivity contribution in [2.24, 2.45) is 0 Å². The molecule has 3 N–H and O–H groups in total. The van der Waals surface area contributed by atoms with Crippen LogP contribution in [0.15, 0.2) is 48.8 Å². The number of rotatable bonds is 8. The number of aromatic nitrogens is 1. The highest BCUT2D eigenvalue weighted by atomic mass is 16.2. The van der Waals surface area contributed by atoms with Crippen molar-refractivity contribution in [3.8, 4) is 0 Å². The summed E-state index contributed by atoms with van der Waals surface area (Å²) in [7, 11) is 1.87. The predicted molar refractivity (Wildman–Crippen MR) is 93.6 cm³/mol. The number of carbonyl (C=O) groups is 2. The quantitative estimate of drug-likeness (QED) is 0.648. The second-order valence-corrected chi connectivity index (χ2v) is 5.37. The normalized spacial score (nSPS) is 10.2. The fourth-order valence-electron chi connectivity index (χ4n) is 2.13. The van der Waals surface area contributed by atoms with Crippen LogP contribution >= 0.6 is 0 Å². The number of carbonyl (C=O) groups excluding carboxylic acids is 2. The summed E-state index contributed by atoms with van der Waals surface area (Å²) in [5.41, 5.74) is 2.22. The number of pyridine rings is 1. The van der Waals surface area contributed by atoms with Gasteiger partial charge in [0, 0.05) is 36.6 Å². The maximum Gasteiger partial charge on any atom is 0.255 e. The van der Waals surface area contributed by atoms with E-state index in [-0.39, 0.29) is 11.8 Å². The molecule has 0 saturated heterocycles. The zero-order valence-corrected chi connectivity index (χ0v) is 13.7. The minimum atomic E-state index is -0.177. The maximum atomic E-state index is 12.1. The van der Waals surface area contributed by atoms with Crippen LogP contribution in [-0.2, 0) is 11.3 Å². The van der Waals surface area contributed by atoms with Crippen LogP contribution in [0.2, 0.25) is 0 Å². The van der Waals surface area contributed by atoms with Gasteiger partial charge in [0.15, 0.2) is 0 Å². The van der Waals surface area contributed by atoms with Crippen LogP contribution in [0.1, 0.15) is 28.8 Å². The van der Waals surface area contributed by atoms with Crippen LogP contribution in [0.25, 0.3) is 0 Å². The van der Waals surface area contributed by atoms with E-state index in [1.165, 1.54) is 0 Å². The lowest BCUT2D eigenvalue weighted by atomic mass is 10.1. The number of hydrogen-bond acceptors (Lipinski definition) is 4. The number of amides is 2. The molecule has 24 heavy (non-hydrogen) atoms. The summed E-state index contributed by atoms with van der Waals surface area (Å²) in [6, 6.07) is 10.6. The first-order valence-electron chi connectivity index (χ1n) is 7.90. The number of nitrogens with one attached hydrogen (secondary N) is 3. The number of nitrogens with zero attached hydrogens (tertiary/aromatic N) is 1. The van der Waals surface area contributed by atoms with Crippen LogP contribution in [0.5, 0.6) is 0 Å². The van der Waals surface area contributed by atoms with E-state index in [4.69, 9.17) is 0 Å². The molecule has 2 rings (SSSR count). The number of hydrogen-bond donors (Lipinski definition) is 3. The number of anilines is 1. The van der Waals surface area contributed by atoms with Crippen molar-refractivity contribution < 1.29 is 9.59 Å². The second-order valence-electron chi connectivity index (χ2n) is 5.37. The van der Waals surface area contributed by atoms with E-state index in [0.717, 1.165) is 18.5 Å². The minimum absolute atomic E-state index is 0.0322. The second kappa shape index (κ2) is 9.42. The van der Waals surface area contributed by atoms with Crippen LogP contribution in [0.4, 0.5) is 5.69 Å². The molecule has 1 aromatic heterocycles. The van der Waals surface area contributed by atoms with Crippen LogP contribution < -0.4 is 16.0 Å². The fraction of sp³-hybridized carbons (Fsp3) is 0.278. The predicted octanol–water partition coefficient (Wildman–Crippen LogP) is 1.95. The minimum Gasteiger partial charge on any atom is -0.352 e. The average molecular weight is 326 g/mol. The summed E-state index contributed by atoms with van der Waals surface area (Å²) in [4.78, 5) is 27.7. The van der Waals surface area contributed by atoms with Crippen LogP contribution in [-0.4, -0.2) is 30.4 Å². The highest BCUT2D eigenvalue weighted by Gasteiger charge is 2.06. The zero-order chi connectivity index (χ0) is 17.2. The molecule has 6 nitrogen and oxygen atoms in total. The lowest BCUT2D eigenvalue weighted by Crippen LogP contribution is -2.23. The molecular formula is C18H22N4O2. The third-order valence-electron chi connectivity index (χ3n) is 3.47. The Morgan fingerprint density at radius 1 is 1.04 bits per heavy atom. The smallest absolute Gasteiger partial charge is 0.255 e. The average Bonchev–Trinajstić information content (AvgIpc) is 2.61. The van der Waals surface area contributed by atoms with Gasteiger partial charge in [0.25, 0.3) is 5.91 Å². The van der Waals surface area contributed by atoms with Crippen molar-refractivity contribution in [1.29, 1.82) is 0 Å². The molecule has 6 heteroatoms. The van der Waals surface area contributed by atoms with E-state index in [9.17, 15) is 9.59 Å². The molecule has 0 radical (unpaired) electrons. The first kappa shape index (κ1) is 17.6. The molecule has 0 fully saturated rings. The Labute approximate surface area is 141 Å². The molecule has 0 aliphatic rings. The van der Waals surface area contributed by atoms with Crippen molar-refractivity contribution >= 4 is 17.5 Å². The summed E-state index contributed by atoms with van der Waals surface area (Å²) in [6.07, 6.45) is 4.57. The third kappa shape index (κ3) is 5.81. The molecule has 0 atom stereocenters. The van der Waals surface area contributed by atoms with Gasteiger partial charge in [0.05, 0.1) is 0 Å². The Kier molecular flexibility index (Phi) is 6.91. The fourth-order valence-corrected chi connectivity index (χ4v) is 2.13.